The molecular weight excluding hydrogens is 364 g/mol. The highest BCUT2D eigenvalue weighted by molar-refractivity contribution is 7.16. The van der Waals surface area contributed by atoms with Crippen LogP contribution in [0, 0.1) is 13.8 Å². The van der Waals surface area contributed by atoms with Gasteiger partial charge in [0.05, 0.1) is 16.8 Å². The van der Waals surface area contributed by atoms with Gasteiger partial charge in [-0.1, -0.05) is 17.4 Å². The third kappa shape index (κ3) is 4.00. The highest BCUT2D eigenvalue weighted by atomic mass is 32.1. The van der Waals surface area contributed by atoms with Crippen LogP contribution in [0.4, 0.5) is 0 Å². The van der Waals surface area contributed by atoms with Crippen molar-refractivity contribution in [3.63, 3.8) is 0 Å². The maximum Gasteiger partial charge on any atom is 0.326 e. The molecule has 3 rings (SSSR count). The highest BCUT2D eigenvalue weighted by Gasteiger charge is 2.15. The molecule has 0 saturated carbocycles. The molecule has 142 valence electrons. The number of carbonyl (C=O) groups excluding carboxylic acids is 2. The fourth-order valence-corrected chi connectivity index (χ4v) is 3.96. The van der Waals surface area contributed by atoms with Crippen molar-refractivity contribution in [2.24, 2.45) is 4.99 Å². The van der Waals surface area contributed by atoms with Crippen LogP contribution in [0.1, 0.15) is 35.6 Å². The van der Waals surface area contributed by atoms with Gasteiger partial charge in [-0.15, -0.1) is 0 Å². The predicted octanol–water partition coefficient (Wildman–Crippen LogP) is 2.84. The second-order valence-electron chi connectivity index (χ2n) is 6.15. The van der Waals surface area contributed by atoms with Gasteiger partial charge in [-0.25, -0.2) is 0 Å². The van der Waals surface area contributed by atoms with Crippen LogP contribution in [-0.2, 0) is 22.6 Å². The third-order valence-corrected chi connectivity index (χ3v) is 5.17. The minimum absolute atomic E-state index is 0.00540. The average molecular weight is 386 g/mol. The first-order valence-electron chi connectivity index (χ1n) is 8.82. The van der Waals surface area contributed by atoms with Crippen LogP contribution in [0.15, 0.2) is 29.3 Å². The molecule has 0 aliphatic rings. The monoisotopic (exact) mass is 386 g/mol. The summed E-state index contributed by atoms with van der Waals surface area (Å²) in [6.07, 6.45) is 0. The van der Waals surface area contributed by atoms with Crippen molar-refractivity contribution in [3.05, 3.63) is 46.0 Å². The first-order valence-corrected chi connectivity index (χ1v) is 9.63. The molecule has 0 aliphatic heterocycles. The molecular formula is C19H22N4O3S. The van der Waals surface area contributed by atoms with Crippen molar-refractivity contribution < 1.29 is 14.3 Å². The quantitative estimate of drug-likeness (QED) is 0.632. The van der Waals surface area contributed by atoms with Crippen LogP contribution >= 0.6 is 11.3 Å². The Balaban J connectivity index is 2.09. The number of ether oxygens (including phenoxy) is 1. The summed E-state index contributed by atoms with van der Waals surface area (Å²) in [5, 5.41) is 4.29. The Morgan fingerprint density at radius 1 is 1.22 bits per heavy atom. The Hall–Kier alpha value is -2.74. The van der Waals surface area contributed by atoms with Crippen molar-refractivity contribution in [1.82, 2.24) is 14.3 Å². The average Bonchev–Trinajstić information content (AvgIpc) is 3.15. The number of thiazole rings is 1. The molecule has 0 unspecified atom stereocenters. The number of hydrogen-bond donors (Lipinski definition) is 0. The van der Waals surface area contributed by atoms with E-state index in [-0.39, 0.29) is 12.5 Å². The van der Waals surface area contributed by atoms with Crippen LogP contribution in [0.5, 0.6) is 0 Å². The Morgan fingerprint density at radius 2 is 2.00 bits per heavy atom. The molecule has 1 aromatic carbocycles. The molecule has 0 bridgehead atoms. The first-order chi connectivity index (χ1) is 12.9. The second kappa shape index (κ2) is 7.87. The van der Waals surface area contributed by atoms with E-state index in [0.717, 1.165) is 21.5 Å². The van der Waals surface area contributed by atoms with E-state index >= 15 is 0 Å². The lowest BCUT2D eigenvalue weighted by molar-refractivity contribution is -0.143. The number of aryl methyl sites for hydroxylation is 3. The van der Waals surface area contributed by atoms with Crippen molar-refractivity contribution in [1.29, 1.82) is 0 Å². The van der Waals surface area contributed by atoms with E-state index in [1.165, 1.54) is 11.3 Å². The zero-order valence-corrected chi connectivity index (χ0v) is 16.7. The fourth-order valence-electron chi connectivity index (χ4n) is 2.83. The summed E-state index contributed by atoms with van der Waals surface area (Å²) in [4.78, 5) is 29.4. The SMILES string of the molecule is CCOC(=O)Cn1c(=NC(=O)c2cc(C)n(CC)n2)sc2cc(C)ccc21. The number of nitrogens with zero attached hydrogens (tertiary/aromatic N) is 4. The fraction of sp³-hybridized carbons (Fsp3) is 0.368. The molecule has 0 radical (unpaired) electrons. The van der Waals surface area contributed by atoms with Crippen LogP contribution in [0.2, 0.25) is 0 Å². The van der Waals surface area contributed by atoms with Gasteiger partial charge < -0.3 is 9.30 Å². The van der Waals surface area contributed by atoms with Crippen LogP contribution in [0.3, 0.4) is 0 Å². The van der Waals surface area contributed by atoms with Crippen LogP contribution in [-0.4, -0.2) is 32.8 Å². The van der Waals surface area contributed by atoms with E-state index in [4.69, 9.17) is 4.74 Å². The van der Waals surface area contributed by atoms with Gasteiger partial charge in [-0.2, -0.15) is 10.1 Å². The first kappa shape index (κ1) is 19.0. The number of benzene rings is 1. The third-order valence-electron chi connectivity index (χ3n) is 4.13. The molecule has 0 N–H and O–H groups in total. The molecule has 1 amide bonds. The molecule has 2 aromatic heterocycles. The zero-order valence-electron chi connectivity index (χ0n) is 15.9. The summed E-state index contributed by atoms with van der Waals surface area (Å²) in [7, 11) is 0. The highest BCUT2D eigenvalue weighted by Crippen LogP contribution is 2.19. The summed E-state index contributed by atoms with van der Waals surface area (Å²) in [5.41, 5.74) is 3.15. The maximum absolute atomic E-state index is 12.6. The van der Waals surface area contributed by atoms with Gasteiger partial charge in [-0.05, 0) is 51.5 Å². The minimum Gasteiger partial charge on any atom is -0.465 e. The van der Waals surface area contributed by atoms with Crippen molar-refractivity contribution in [2.45, 2.75) is 40.8 Å². The molecule has 7 nitrogen and oxygen atoms in total. The molecule has 0 spiro atoms. The number of aromatic nitrogens is 3. The van der Waals surface area contributed by atoms with E-state index < -0.39 is 5.91 Å². The number of fused-ring (bicyclic) bond motifs is 1. The van der Waals surface area contributed by atoms with Gasteiger partial charge in [-0.3, -0.25) is 14.3 Å². The predicted molar refractivity (Wildman–Crippen MR) is 104 cm³/mol. The molecule has 8 heteroatoms. The van der Waals surface area contributed by atoms with E-state index in [0.29, 0.717) is 23.6 Å². The normalized spacial score (nSPS) is 11.9. The second-order valence-corrected chi connectivity index (χ2v) is 7.16. The van der Waals surface area contributed by atoms with E-state index in [2.05, 4.69) is 10.1 Å². The summed E-state index contributed by atoms with van der Waals surface area (Å²) in [6.45, 7) is 8.62. The molecule has 0 atom stereocenters. The number of rotatable bonds is 5. The molecule has 0 aliphatic carbocycles. The van der Waals surface area contributed by atoms with Crippen LogP contribution in [0.25, 0.3) is 10.2 Å². The van der Waals surface area contributed by atoms with Gasteiger partial charge in [0.25, 0.3) is 5.91 Å². The summed E-state index contributed by atoms with van der Waals surface area (Å²) >= 11 is 1.37. The van der Waals surface area contributed by atoms with Gasteiger partial charge >= 0.3 is 5.97 Å². The molecule has 27 heavy (non-hydrogen) atoms. The van der Waals surface area contributed by atoms with Gasteiger partial charge in [0.2, 0.25) is 0 Å². The van der Waals surface area contributed by atoms with E-state index in [1.54, 1.807) is 22.2 Å². The number of hydrogen-bond acceptors (Lipinski definition) is 5. The summed E-state index contributed by atoms with van der Waals surface area (Å²) in [6, 6.07) is 7.64. The maximum atomic E-state index is 12.6. The van der Waals surface area contributed by atoms with Gasteiger partial charge in [0.1, 0.15) is 6.54 Å². The van der Waals surface area contributed by atoms with Crippen LogP contribution < -0.4 is 4.80 Å². The minimum atomic E-state index is -0.425. The zero-order chi connectivity index (χ0) is 19.6. The lowest BCUT2D eigenvalue weighted by Crippen LogP contribution is -2.23. The molecule has 0 fully saturated rings. The number of esters is 1. The number of amides is 1. The Kier molecular flexibility index (Phi) is 5.55. The summed E-state index contributed by atoms with van der Waals surface area (Å²) in [5.74, 6) is -0.788. The molecule has 3 aromatic rings. The molecule has 0 saturated heterocycles. The van der Waals surface area contributed by atoms with E-state index in [9.17, 15) is 9.59 Å². The van der Waals surface area contributed by atoms with E-state index in [1.807, 2.05) is 39.0 Å². The Bertz CT molecular complexity index is 1070. The smallest absolute Gasteiger partial charge is 0.326 e. The van der Waals surface area contributed by atoms with Crippen molar-refractivity contribution >= 4 is 33.4 Å². The van der Waals surface area contributed by atoms with Gasteiger partial charge in [0.15, 0.2) is 10.5 Å². The molecule has 2 heterocycles. The number of carbonyl (C=O) groups is 2. The van der Waals surface area contributed by atoms with Crippen molar-refractivity contribution in [2.75, 3.05) is 6.61 Å². The summed E-state index contributed by atoms with van der Waals surface area (Å²) < 4.78 is 9.50. The standard InChI is InChI=1S/C19H22N4O3S/c1-5-23-13(4)10-14(21-23)18(25)20-19-22(11-17(24)26-6-2)15-8-7-12(3)9-16(15)27-19/h7-10H,5-6,11H2,1-4H3. The largest absolute Gasteiger partial charge is 0.465 e. The Labute approximate surface area is 160 Å². The van der Waals surface area contributed by atoms with Crippen molar-refractivity contribution in [3.8, 4) is 0 Å². The lowest BCUT2D eigenvalue weighted by atomic mass is 10.2. The lowest BCUT2D eigenvalue weighted by Gasteiger charge is -2.05. The Morgan fingerprint density at radius 3 is 2.67 bits per heavy atom. The van der Waals surface area contributed by atoms with Gasteiger partial charge in [0, 0.05) is 12.2 Å². The topological polar surface area (TPSA) is 78.5 Å².